The number of halogens is 2. The molecule has 1 aromatic rings. The molecule has 0 aliphatic rings. The molecule has 4 heteroatoms. The Labute approximate surface area is 78.3 Å². The number of rotatable bonds is 1. The van der Waals surface area contributed by atoms with E-state index in [1.54, 1.807) is 6.92 Å². The van der Waals surface area contributed by atoms with E-state index in [1.165, 1.54) is 6.07 Å². The van der Waals surface area contributed by atoms with Crippen molar-refractivity contribution in [1.82, 2.24) is 0 Å². The van der Waals surface area contributed by atoms with Crippen LogP contribution in [0.2, 0.25) is 0 Å². The Morgan fingerprint density at radius 3 is 2.67 bits per heavy atom. The van der Waals surface area contributed by atoms with Gasteiger partial charge in [-0.15, -0.1) is 0 Å². The summed E-state index contributed by atoms with van der Waals surface area (Å²) in [4.78, 5) is 0. The fraction of sp³-hybridized carbons (Fsp3) is 0.250. The van der Waals surface area contributed by atoms with Crippen LogP contribution in [0.3, 0.4) is 0 Å². The molecule has 1 atom stereocenters. The zero-order chi connectivity index (χ0) is 9.30. The lowest BCUT2D eigenvalue weighted by Gasteiger charge is -2.08. The Morgan fingerprint density at radius 2 is 2.17 bits per heavy atom. The average molecular weight is 234 g/mol. The normalized spacial score (nSPS) is 13.0. The van der Waals surface area contributed by atoms with E-state index in [4.69, 9.17) is 5.73 Å². The molecule has 0 spiro atoms. The first-order valence-electron chi connectivity index (χ1n) is 3.46. The number of aromatic hydroxyl groups is 1. The zero-order valence-corrected chi connectivity index (χ0v) is 8.10. The molecule has 66 valence electrons. The molecule has 2 nitrogen and oxygen atoms in total. The maximum atomic E-state index is 12.8. The van der Waals surface area contributed by atoms with E-state index in [1.807, 2.05) is 0 Å². The average Bonchev–Trinajstić information content (AvgIpc) is 1.96. The van der Waals surface area contributed by atoms with Gasteiger partial charge in [0.25, 0.3) is 0 Å². The number of phenols is 1. The fourth-order valence-corrected chi connectivity index (χ4v) is 1.28. The maximum absolute atomic E-state index is 12.8. The summed E-state index contributed by atoms with van der Waals surface area (Å²) in [5.74, 6) is -0.595. The molecule has 0 bridgehead atoms. The lowest BCUT2D eigenvalue weighted by molar-refractivity contribution is 0.457. The molecule has 1 aromatic carbocycles. The molecule has 0 aliphatic carbocycles. The van der Waals surface area contributed by atoms with Gasteiger partial charge in [-0.3, -0.25) is 0 Å². The van der Waals surface area contributed by atoms with Gasteiger partial charge in [-0.1, -0.05) is 0 Å². The Hall–Kier alpha value is -0.610. The van der Waals surface area contributed by atoms with Crippen molar-refractivity contribution < 1.29 is 9.50 Å². The van der Waals surface area contributed by atoms with Crippen LogP contribution in [0.25, 0.3) is 0 Å². The van der Waals surface area contributed by atoms with Gasteiger partial charge in [-0.25, -0.2) is 4.39 Å². The second-order valence-corrected chi connectivity index (χ2v) is 3.47. The first-order valence-corrected chi connectivity index (χ1v) is 4.25. The van der Waals surface area contributed by atoms with E-state index in [2.05, 4.69) is 15.9 Å². The molecule has 0 aromatic heterocycles. The number of nitrogens with two attached hydrogens (primary N) is 1. The summed E-state index contributed by atoms with van der Waals surface area (Å²) < 4.78 is 13.1. The Balaban J connectivity index is 3.23. The van der Waals surface area contributed by atoms with E-state index >= 15 is 0 Å². The first-order chi connectivity index (χ1) is 5.52. The van der Waals surface area contributed by atoms with Crippen LogP contribution < -0.4 is 5.73 Å². The highest BCUT2D eigenvalue weighted by atomic mass is 79.9. The molecule has 0 saturated heterocycles. The number of benzene rings is 1. The number of hydrogen-bond acceptors (Lipinski definition) is 2. The predicted octanol–water partition coefficient (Wildman–Crippen LogP) is 2.31. The van der Waals surface area contributed by atoms with Crippen molar-refractivity contribution in [3.63, 3.8) is 0 Å². The van der Waals surface area contributed by atoms with Crippen molar-refractivity contribution in [1.29, 1.82) is 0 Å². The minimum Gasteiger partial charge on any atom is -0.508 e. The molecule has 12 heavy (non-hydrogen) atoms. The third-order valence-corrected chi connectivity index (χ3v) is 2.17. The van der Waals surface area contributed by atoms with Gasteiger partial charge in [0.15, 0.2) is 0 Å². The van der Waals surface area contributed by atoms with E-state index in [0.717, 1.165) is 6.07 Å². The van der Waals surface area contributed by atoms with Crippen molar-refractivity contribution in [2.75, 3.05) is 0 Å². The standard InChI is InChI=1S/C8H9BrFNO/c1-4(11)5-2-6(9)7(10)3-8(5)12/h2-4,12H,11H2,1H3/t4-/m0/s1. The van der Waals surface area contributed by atoms with Crippen molar-refractivity contribution >= 4 is 15.9 Å². The summed E-state index contributed by atoms with van der Waals surface area (Å²) in [6.07, 6.45) is 0. The summed E-state index contributed by atoms with van der Waals surface area (Å²) in [6, 6.07) is 2.22. The molecule has 0 radical (unpaired) electrons. The summed E-state index contributed by atoms with van der Waals surface area (Å²) in [6.45, 7) is 1.72. The van der Waals surface area contributed by atoms with Gasteiger partial charge < -0.3 is 10.8 Å². The molecule has 0 fully saturated rings. The smallest absolute Gasteiger partial charge is 0.141 e. The van der Waals surface area contributed by atoms with Gasteiger partial charge >= 0.3 is 0 Å². The van der Waals surface area contributed by atoms with Crippen LogP contribution in [0, 0.1) is 5.82 Å². The molecule has 0 heterocycles. The molecular weight excluding hydrogens is 225 g/mol. The van der Waals surface area contributed by atoms with Gasteiger partial charge in [0.2, 0.25) is 0 Å². The summed E-state index contributed by atoms with van der Waals surface area (Å²) >= 11 is 3.01. The van der Waals surface area contributed by atoms with E-state index in [9.17, 15) is 9.50 Å². The monoisotopic (exact) mass is 233 g/mol. The molecule has 0 unspecified atom stereocenters. The summed E-state index contributed by atoms with van der Waals surface area (Å²) in [5.41, 5.74) is 6.06. The van der Waals surface area contributed by atoms with Crippen molar-refractivity contribution in [2.45, 2.75) is 13.0 Å². The third kappa shape index (κ3) is 1.76. The highest BCUT2D eigenvalue weighted by molar-refractivity contribution is 9.10. The fourth-order valence-electron chi connectivity index (χ4n) is 0.916. The summed E-state index contributed by atoms with van der Waals surface area (Å²) in [5, 5.41) is 9.25. The first kappa shape index (κ1) is 9.48. The summed E-state index contributed by atoms with van der Waals surface area (Å²) in [7, 11) is 0. The van der Waals surface area contributed by atoms with Crippen LogP contribution in [0.4, 0.5) is 4.39 Å². The molecule has 3 N–H and O–H groups in total. The largest absolute Gasteiger partial charge is 0.508 e. The predicted molar refractivity (Wildman–Crippen MR) is 48.4 cm³/mol. The van der Waals surface area contributed by atoms with E-state index < -0.39 is 5.82 Å². The highest BCUT2D eigenvalue weighted by Crippen LogP contribution is 2.28. The molecular formula is C8H9BrFNO. The minimum absolute atomic E-state index is 0.106. The van der Waals surface area contributed by atoms with Gasteiger partial charge in [0, 0.05) is 17.7 Å². The van der Waals surface area contributed by atoms with Crippen LogP contribution in [-0.4, -0.2) is 5.11 Å². The second-order valence-electron chi connectivity index (χ2n) is 2.61. The molecule has 1 rings (SSSR count). The van der Waals surface area contributed by atoms with Gasteiger partial charge in [0.05, 0.1) is 4.47 Å². The topological polar surface area (TPSA) is 46.2 Å². The van der Waals surface area contributed by atoms with E-state index in [-0.39, 0.29) is 11.8 Å². The van der Waals surface area contributed by atoms with Crippen molar-refractivity contribution in [3.05, 3.63) is 28.0 Å². The van der Waals surface area contributed by atoms with Gasteiger partial charge in [0.1, 0.15) is 11.6 Å². The third-order valence-electron chi connectivity index (χ3n) is 1.56. The SMILES string of the molecule is C[C@H](N)c1cc(Br)c(F)cc1O. The van der Waals surface area contributed by atoms with Gasteiger partial charge in [-0.2, -0.15) is 0 Å². The van der Waals surface area contributed by atoms with Crippen LogP contribution in [0.5, 0.6) is 5.75 Å². The lowest BCUT2D eigenvalue weighted by atomic mass is 10.1. The number of phenolic OH excluding ortho intramolecular Hbond substituents is 1. The molecule has 0 saturated carbocycles. The van der Waals surface area contributed by atoms with Crippen LogP contribution in [0.1, 0.15) is 18.5 Å². The van der Waals surface area contributed by atoms with Crippen LogP contribution >= 0.6 is 15.9 Å². The number of hydrogen-bond donors (Lipinski definition) is 2. The Morgan fingerprint density at radius 1 is 1.58 bits per heavy atom. The quantitative estimate of drug-likeness (QED) is 0.783. The second kappa shape index (κ2) is 3.41. The zero-order valence-electron chi connectivity index (χ0n) is 6.51. The van der Waals surface area contributed by atoms with Crippen LogP contribution in [0.15, 0.2) is 16.6 Å². The molecule has 0 aliphatic heterocycles. The van der Waals surface area contributed by atoms with Crippen molar-refractivity contribution in [2.24, 2.45) is 5.73 Å². The Bertz CT molecular complexity index is 301. The highest BCUT2D eigenvalue weighted by Gasteiger charge is 2.09. The Kier molecular flexibility index (Phi) is 2.69. The van der Waals surface area contributed by atoms with E-state index in [0.29, 0.717) is 10.0 Å². The van der Waals surface area contributed by atoms with Gasteiger partial charge in [-0.05, 0) is 28.9 Å². The lowest BCUT2D eigenvalue weighted by Crippen LogP contribution is -2.05. The minimum atomic E-state index is -0.489. The molecule has 0 amide bonds. The maximum Gasteiger partial charge on any atom is 0.141 e. The van der Waals surface area contributed by atoms with Crippen molar-refractivity contribution in [3.8, 4) is 5.75 Å². The van der Waals surface area contributed by atoms with Crippen LogP contribution in [-0.2, 0) is 0 Å².